The summed E-state index contributed by atoms with van der Waals surface area (Å²) in [4.78, 5) is 67.4. The van der Waals surface area contributed by atoms with Crippen molar-refractivity contribution in [3.05, 3.63) is 33.1 Å². The lowest BCUT2D eigenvalue weighted by Crippen LogP contribution is -2.65. The highest BCUT2D eigenvalue weighted by Crippen LogP contribution is 2.61. The molecule has 1 aromatic heterocycles. The van der Waals surface area contributed by atoms with E-state index in [0.717, 1.165) is 23.8 Å². The van der Waals surface area contributed by atoms with E-state index in [1.165, 1.54) is 0 Å². The van der Waals surface area contributed by atoms with E-state index in [-0.39, 0.29) is 0 Å². The molecule has 1 fully saturated rings. The number of nitrogens with one attached hydrogen (secondary N) is 2. The standard InChI is InChI=1S/C17H27N3O18P2/c1-7(22)18-11-12(25)13(26)14(15(27)28)36-16(11)37-40(32,33)38-39(30,31)35-5-9(8(23)4-21)34-6-20-3-2-10(24)19-17(20)29/h2-3,8-9,11-14,16,21,23,25-26H,4-6H2,1H3,(H,18,22)(H,27,28)(H,30,31)(H,32,33)(H,19,24,29)/t8-,9-,11?,12-,13+,14?,16-/m1/s1. The predicted octanol–water partition coefficient (Wildman–Crippen LogP) is -4.48. The van der Waals surface area contributed by atoms with Crippen LogP contribution in [0.15, 0.2) is 21.9 Å². The number of phosphoric ester groups is 2. The molecule has 23 heteroatoms. The summed E-state index contributed by atoms with van der Waals surface area (Å²) in [5, 5.41) is 50.3. The number of amides is 1. The van der Waals surface area contributed by atoms with E-state index < -0.39 is 102 Å². The van der Waals surface area contributed by atoms with Crippen molar-refractivity contribution in [2.45, 2.75) is 56.5 Å². The number of phosphoric acid groups is 2. The Hall–Kier alpha value is -2.36. The number of aliphatic hydroxyl groups is 4. The molecule has 1 aliphatic rings. The highest BCUT2D eigenvalue weighted by molar-refractivity contribution is 7.61. The fourth-order valence-electron chi connectivity index (χ4n) is 3.13. The minimum absolute atomic E-state index is 0.665. The van der Waals surface area contributed by atoms with Gasteiger partial charge >= 0.3 is 27.3 Å². The highest BCUT2D eigenvalue weighted by Gasteiger charge is 2.51. The van der Waals surface area contributed by atoms with Crippen LogP contribution in [0.3, 0.4) is 0 Å². The molecular formula is C17H27N3O18P2. The summed E-state index contributed by atoms with van der Waals surface area (Å²) in [5.41, 5.74) is -1.65. The number of ether oxygens (including phenoxy) is 2. The van der Waals surface area contributed by atoms with Gasteiger partial charge in [0.1, 0.15) is 37.2 Å². The number of carboxylic acid groups (broad SMARTS) is 1. The molecule has 0 radical (unpaired) electrons. The Morgan fingerprint density at radius 3 is 2.40 bits per heavy atom. The number of carbonyl (C=O) groups excluding carboxylic acids is 1. The average Bonchev–Trinajstić information content (AvgIpc) is 2.83. The molecule has 40 heavy (non-hydrogen) atoms. The third-order valence-electron chi connectivity index (χ3n) is 5.00. The zero-order chi connectivity index (χ0) is 30.4. The van der Waals surface area contributed by atoms with Crippen LogP contribution in [0.25, 0.3) is 0 Å². The highest BCUT2D eigenvalue weighted by atomic mass is 31.3. The van der Waals surface area contributed by atoms with Crippen LogP contribution in [-0.2, 0) is 48.3 Å². The molecule has 9 N–H and O–H groups in total. The smallest absolute Gasteiger partial charge is 0.479 e. The van der Waals surface area contributed by atoms with Gasteiger partial charge in [-0.3, -0.25) is 28.2 Å². The summed E-state index contributed by atoms with van der Waals surface area (Å²) < 4.78 is 48.7. The molecule has 2 heterocycles. The van der Waals surface area contributed by atoms with E-state index in [4.69, 9.17) is 14.6 Å². The number of nitrogens with zero attached hydrogens (tertiary/aromatic N) is 1. The average molecular weight is 623 g/mol. The van der Waals surface area contributed by atoms with E-state index in [2.05, 4.69) is 13.4 Å². The first-order chi connectivity index (χ1) is 18.5. The Morgan fingerprint density at radius 2 is 1.85 bits per heavy atom. The predicted molar refractivity (Wildman–Crippen MR) is 123 cm³/mol. The van der Waals surface area contributed by atoms with Gasteiger partial charge in [0.25, 0.3) is 5.56 Å². The fraction of sp³-hybridized carbons (Fsp3) is 0.647. The van der Waals surface area contributed by atoms with E-state index in [1.54, 1.807) is 0 Å². The molecule has 0 aliphatic carbocycles. The van der Waals surface area contributed by atoms with Crippen molar-refractivity contribution in [3.63, 3.8) is 0 Å². The summed E-state index contributed by atoms with van der Waals surface area (Å²) in [6.07, 6.45) is -11.2. The Balaban J connectivity index is 2.11. The summed E-state index contributed by atoms with van der Waals surface area (Å²) in [5.74, 6) is -2.73. The number of aliphatic hydroxyl groups excluding tert-OH is 4. The summed E-state index contributed by atoms with van der Waals surface area (Å²) in [7, 11) is -11.4. The van der Waals surface area contributed by atoms with Gasteiger partial charge in [-0.15, -0.1) is 0 Å². The lowest BCUT2D eigenvalue weighted by atomic mass is 9.97. The Morgan fingerprint density at radius 1 is 1.20 bits per heavy atom. The number of hydrogen-bond donors (Lipinski definition) is 9. The number of carbonyl (C=O) groups is 2. The zero-order valence-electron chi connectivity index (χ0n) is 20.3. The normalized spacial score (nSPS) is 27.6. The van der Waals surface area contributed by atoms with Crippen molar-refractivity contribution >= 4 is 27.5 Å². The largest absolute Gasteiger partial charge is 0.483 e. The van der Waals surface area contributed by atoms with Gasteiger partial charge in [0.15, 0.2) is 12.4 Å². The molecule has 1 amide bonds. The van der Waals surface area contributed by atoms with Gasteiger partial charge in [0.05, 0.1) is 13.2 Å². The molecule has 228 valence electrons. The van der Waals surface area contributed by atoms with Crippen LogP contribution in [0.1, 0.15) is 6.92 Å². The van der Waals surface area contributed by atoms with Gasteiger partial charge in [-0.25, -0.2) is 18.7 Å². The van der Waals surface area contributed by atoms with Crippen molar-refractivity contribution in [3.8, 4) is 0 Å². The molecule has 9 atom stereocenters. The van der Waals surface area contributed by atoms with Crippen molar-refractivity contribution < 1.29 is 76.9 Å². The van der Waals surface area contributed by atoms with Crippen molar-refractivity contribution in [2.24, 2.45) is 0 Å². The number of aromatic nitrogens is 2. The van der Waals surface area contributed by atoms with Crippen LogP contribution in [0.4, 0.5) is 0 Å². The van der Waals surface area contributed by atoms with Gasteiger partial charge in [-0.05, 0) is 0 Å². The number of rotatable bonds is 14. The number of carboxylic acids is 1. The van der Waals surface area contributed by atoms with Gasteiger partial charge in [0.2, 0.25) is 5.91 Å². The number of hydrogen-bond acceptors (Lipinski definition) is 15. The minimum Gasteiger partial charge on any atom is -0.479 e. The monoisotopic (exact) mass is 623 g/mol. The molecule has 0 spiro atoms. The van der Waals surface area contributed by atoms with E-state index in [0.29, 0.717) is 0 Å². The Kier molecular flexibility index (Phi) is 11.9. The van der Waals surface area contributed by atoms with Gasteiger partial charge < -0.3 is 50.1 Å². The summed E-state index contributed by atoms with van der Waals surface area (Å²) in [6.45, 7) is -1.82. The van der Waals surface area contributed by atoms with Gasteiger partial charge in [0, 0.05) is 19.2 Å². The first kappa shape index (κ1) is 33.8. The van der Waals surface area contributed by atoms with Crippen LogP contribution in [0.2, 0.25) is 0 Å². The van der Waals surface area contributed by atoms with Gasteiger partial charge in [-0.1, -0.05) is 0 Å². The van der Waals surface area contributed by atoms with Crippen LogP contribution in [-0.4, -0.2) is 113 Å². The Bertz CT molecular complexity index is 1250. The number of aromatic amines is 1. The van der Waals surface area contributed by atoms with Crippen molar-refractivity contribution in [1.29, 1.82) is 0 Å². The second-order valence-corrected chi connectivity index (χ2v) is 11.1. The first-order valence-corrected chi connectivity index (χ1v) is 13.9. The lowest BCUT2D eigenvalue weighted by Gasteiger charge is -2.41. The van der Waals surface area contributed by atoms with Crippen LogP contribution in [0, 0.1) is 0 Å². The lowest BCUT2D eigenvalue weighted by molar-refractivity contribution is -0.243. The molecule has 2 rings (SSSR count). The second-order valence-electron chi connectivity index (χ2n) is 8.05. The molecular weight excluding hydrogens is 596 g/mol. The Labute approximate surface area is 222 Å². The summed E-state index contributed by atoms with van der Waals surface area (Å²) >= 11 is 0. The quantitative estimate of drug-likeness (QED) is 0.0882. The molecule has 1 aliphatic heterocycles. The first-order valence-electron chi connectivity index (χ1n) is 10.9. The third kappa shape index (κ3) is 9.63. The van der Waals surface area contributed by atoms with E-state index in [1.807, 2.05) is 10.3 Å². The van der Waals surface area contributed by atoms with Gasteiger partial charge in [-0.2, -0.15) is 4.31 Å². The molecule has 0 aromatic carbocycles. The molecule has 0 saturated carbocycles. The maximum Gasteiger partial charge on any atom is 0.483 e. The van der Waals surface area contributed by atoms with Crippen molar-refractivity contribution in [1.82, 2.24) is 14.9 Å². The summed E-state index contributed by atoms with van der Waals surface area (Å²) in [6, 6.07) is -0.905. The van der Waals surface area contributed by atoms with Crippen LogP contribution < -0.4 is 16.6 Å². The molecule has 1 saturated heterocycles. The molecule has 0 bridgehead atoms. The number of H-pyrrole nitrogens is 1. The van der Waals surface area contributed by atoms with E-state index in [9.17, 15) is 58.5 Å². The minimum atomic E-state index is -5.76. The zero-order valence-corrected chi connectivity index (χ0v) is 22.1. The van der Waals surface area contributed by atoms with Crippen LogP contribution in [0.5, 0.6) is 0 Å². The van der Waals surface area contributed by atoms with Crippen molar-refractivity contribution in [2.75, 3.05) is 13.2 Å². The third-order valence-corrected chi connectivity index (χ3v) is 7.60. The second kappa shape index (κ2) is 14.0. The molecule has 1 aromatic rings. The number of aliphatic carboxylic acids is 1. The maximum atomic E-state index is 12.4. The molecule has 21 nitrogen and oxygen atoms in total. The fourth-order valence-corrected chi connectivity index (χ4v) is 5.29. The topological polar surface area (TPSA) is 323 Å². The van der Waals surface area contributed by atoms with Crippen LogP contribution >= 0.6 is 15.6 Å². The van der Waals surface area contributed by atoms with E-state index >= 15 is 0 Å². The molecule has 2 unspecified atom stereocenters. The SMILES string of the molecule is CC(=O)NC1[C@@H](O[P@@](=O)(O)O[P@@](=O)(O)OC[C@@H](OCn2ccc(=O)[nH]c2=O)[C@H](O)CO)OC(C(=O)O)[C@@H](O)[C@@H]1O. The maximum absolute atomic E-state index is 12.4.